The first-order valence-electron chi connectivity index (χ1n) is 5.28. The zero-order valence-electron chi connectivity index (χ0n) is 9.41. The molecule has 0 radical (unpaired) electrons. The number of hydrogen-bond donors (Lipinski definition) is 1. The van der Waals surface area contributed by atoms with E-state index in [1.54, 1.807) is 42.9 Å². The predicted octanol–water partition coefficient (Wildman–Crippen LogP) is 1.80. The van der Waals surface area contributed by atoms with Crippen molar-refractivity contribution in [2.45, 2.75) is 6.42 Å². The second-order valence-electron chi connectivity index (χ2n) is 3.67. The molecule has 1 aromatic heterocycles. The molecule has 0 spiro atoms. The molecule has 2 aromatic rings. The van der Waals surface area contributed by atoms with Gasteiger partial charge in [0.2, 0.25) is 0 Å². The van der Waals surface area contributed by atoms with Crippen LogP contribution < -0.4 is 0 Å². The Morgan fingerprint density at radius 2 is 2.06 bits per heavy atom. The first kappa shape index (κ1) is 11.9. The molecule has 0 aliphatic heterocycles. The van der Waals surface area contributed by atoms with Gasteiger partial charge in [0.15, 0.2) is 5.78 Å². The number of Topliss-reactive ketones (excluding diaryl/α,β-unsaturated/α-hetero) is 1. The van der Waals surface area contributed by atoms with Crippen LogP contribution in [0.25, 0.3) is 11.3 Å². The molecule has 0 fully saturated rings. The van der Waals surface area contributed by atoms with Gasteiger partial charge < -0.3 is 5.11 Å². The lowest BCUT2D eigenvalue weighted by molar-refractivity contribution is -0.135. The monoisotopic (exact) mass is 242 g/mol. The summed E-state index contributed by atoms with van der Waals surface area (Å²) in [5.74, 6) is -1.56. The molecule has 90 valence electrons. The minimum atomic E-state index is -1.13. The van der Waals surface area contributed by atoms with E-state index in [0.717, 1.165) is 5.56 Å². The fraction of sp³-hybridized carbons (Fsp3) is 0.0769. The third-order valence-electron chi connectivity index (χ3n) is 2.36. The third-order valence-corrected chi connectivity index (χ3v) is 2.36. The van der Waals surface area contributed by atoms with Crippen LogP contribution in [0.15, 0.2) is 42.9 Å². The molecule has 0 aliphatic rings. The highest BCUT2D eigenvalue weighted by atomic mass is 16.4. The summed E-state index contributed by atoms with van der Waals surface area (Å²) >= 11 is 0. The molecule has 0 bridgehead atoms. The Labute approximate surface area is 103 Å². The van der Waals surface area contributed by atoms with Crippen molar-refractivity contribution in [3.63, 3.8) is 0 Å². The highest BCUT2D eigenvalue weighted by Gasteiger charge is 2.11. The van der Waals surface area contributed by atoms with Gasteiger partial charge in [-0.25, -0.2) is 0 Å². The van der Waals surface area contributed by atoms with E-state index >= 15 is 0 Å². The summed E-state index contributed by atoms with van der Waals surface area (Å²) in [4.78, 5) is 30.2. The summed E-state index contributed by atoms with van der Waals surface area (Å²) in [6.07, 6.45) is 4.19. The number of ketones is 1. The van der Waals surface area contributed by atoms with Crippen molar-refractivity contribution in [2.24, 2.45) is 0 Å². The van der Waals surface area contributed by atoms with E-state index in [4.69, 9.17) is 5.11 Å². The van der Waals surface area contributed by atoms with Crippen LogP contribution in [0.3, 0.4) is 0 Å². The largest absolute Gasteiger partial charge is 0.481 e. The van der Waals surface area contributed by atoms with E-state index in [1.165, 1.54) is 0 Å². The quantitative estimate of drug-likeness (QED) is 0.653. The van der Waals surface area contributed by atoms with Crippen molar-refractivity contribution in [1.29, 1.82) is 0 Å². The maximum absolute atomic E-state index is 11.6. The topological polar surface area (TPSA) is 80.1 Å². The average Bonchev–Trinajstić information content (AvgIpc) is 2.39. The number of aromatic nitrogens is 2. The van der Waals surface area contributed by atoms with Gasteiger partial charge in [-0.2, -0.15) is 0 Å². The molecule has 18 heavy (non-hydrogen) atoms. The lowest BCUT2D eigenvalue weighted by Crippen LogP contribution is -2.06. The molecule has 2 rings (SSSR count). The molecular formula is C13H10N2O3. The number of rotatable bonds is 4. The number of carboxylic acids is 1. The van der Waals surface area contributed by atoms with Gasteiger partial charge in [0.1, 0.15) is 6.42 Å². The molecule has 0 amide bonds. The van der Waals surface area contributed by atoms with Crippen molar-refractivity contribution < 1.29 is 14.7 Å². The maximum atomic E-state index is 11.6. The Balaban J connectivity index is 2.31. The van der Waals surface area contributed by atoms with E-state index in [0.29, 0.717) is 11.3 Å². The highest BCUT2D eigenvalue weighted by Crippen LogP contribution is 2.17. The van der Waals surface area contributed by atoms with Gasteiger partial charge in [-0.15, -0.1) is 0 Å². The number of benzene rings is 1. The molecule has 0 aliphatic carbocycles. The van der Waals surface area contributed by atoms with Crippen LogP contribution in [0.4, 0.5) is 0 Å². The summed E-state index contributed by atoms with van der Waals surface area (Å²) in [6, 6.07) is 6.70. The average molecular weight is 242 g/mol. The van der Waals surface area contributed by atoms with Gasteiger partial charge in [-0.1, -0.05) is 18.2 Å². The number of hydrogen-bond acceptors (Lipinski definition) is 4. The van der Waals surface area contributed by atoms with E-state index in [9.17, 15) is 9.59 Å². The van der Waals surface area contributed by atoms with Crippen LogP contribution in [0.5, 0.6) is 0 Å². The Kier molecular flexibility index (Phi) is 3.43. The first-order valence-corrected chi connectivity index (χ1v) is 5.28. The summed E-state index contributed by atoms with van der Waals surface area (Å²) in [7, 11) is 0. The maximum Gasteiger partial charge on any atom is 0.311 e. The smallest absolute Gasteiger partial charge is 0.311 e. The molecule has 0 atom stereocenters. The Hall–Kier alpha value is -2.56. The van der Waals surface area contributed by atoms with Gasteiger partial charge in [-0.05, 0) is 6.07 Å². The number of nitrogens with zero attached hydrogens (tertiary/aromatic N) is 2. The van der Waals surface area contributed by atoms with E-state index in [-0.39, 0.29) is 0 Å². The number of carbonyl (C=O) groups is 2. The van der Waals surface area contributed by atoms with E-state index in [1.807, 2.05) is 0 Å². The van der Waals surface area contributed by atoms with Crippen molar-refractivity contribution in [3.05, 3.63) is 48.4 Å². The first-order chi connectivity index (χ1) is 8.66. The minimum Gasteiger partial charge on any atom is -0.481 e. The second kappa shape index (κ2) is 5.18. The number of carbonyl (C=O) groups excluding carboxylic acids is 1. The lowest BCUT2D eigenvalue weighted by Gasteiger charge is -2.02. The molecule has 5 heteroatoms. The van der Waals surface area contributed by atoms with E-state index < -0.39 is 18.2 Å². The van der Waals surface area contributed by atoms with Crippen LogP contribution in [0.2, 0.25) is 0 Å². The van der Waals surface area contributed by atoms with Crippen LogP contribution in [-0.4, -0.2) is 26.8 Å². The molecule has 1 aromatic carbocycles. The Bertz CT molecular complexity index is 582. The number of aliphatic carboxylic acids is 1. The van der Waals surface area contributed by atoms with Crippen LogP contribution in [0.1, 0.15) is 16.8 Å². The summed E-state index contributed by atoms with van der Waals surface area (Å²) in [6.45, 7) is 0. The SMILES string of the molecule is O=C(O)CC(=O)c1cccc(-c2cnccn2)c1. The van der Waals surface area contributed by atoms with Crippen molar-refractivity contribution >= 4 is 11.8 Å². The standard InChI is InChI=1S/C13H10N2O3/c16-12(7-13(17)18)10-3-1-2-9(6-10)11-8-14-4-5-15-11/h1-6,8H,7H2,(H,17,18). The van der Waals surface area contributed by atoms with Gasteiger partial charge in [0.05, 0.1) is 11.9 Å². The predicted molar refractivity (Wildman–Crippen MR) is 64.1 cm³/mol. The van der Waals surface area contributed by atoms with Crippen molar-refractivity contribution in [3.8, 4) is 11.3 Å². The molecule has 0 unspecified atom stereocenters. The molecule has 1 heterocycles. The van der Waals surface area contributed by atoms with Gasteiger partial charge in [0.25, 0.3) is 0 Å². The summed E-state index contributed by atoms with van der Waals surface area (Å²) in [5.41, 5.74) is 1.74. The molecule has 0 saturated heterocycles. The molecule has 0 saturated carbocycles. The van der Waals surface area contributed by atoms with Crippen molar-refractivity contribution in [1.82, 2.24) is 9.97 Å². The van der Waals surface area contributed by atoms with Gasteiger partial charge in [-0.3, -0.25) is 19.6 Å². The Morgan fingerprint density at radius 3 is 2.72 bits per heavy atom. The van der Waals surface area contributed by atoms with Crippen LogP contribution in [-0.2, 0) is 4.79 Å². The fourth-order valence-electron chi connectivity index (χ4n) is 1.54. The fourth-order valence-corrected chi connectivity index (χ4v) is 1.54. The van der Waals surface area contributed by atoms with Crippen LogP contribution in [0, 0.1) is 0 Å². The highest BCUT2D eigenvalue weighted by molar-refractivity contribution is 6.05. The second-order valence-corrected chi connectivity index (χ2v) is 3.67. The zero-order valence-corrected chi connectivity index (χ0v) is 9.41. The normalized spacial score (nSPS) is 10.0. The zero-order chi connectivity index (χ0) is 13.0. The van der Waals surface area contributed by atoms with Gasteiger partial charge in [0, 0.05) is 23.5 Å². The summed E-state index contributed by atoms with van der Waals surface area (Å²) in [5, 5.41) is 8.59. The third kappa shape index (κ3) is 2.76. The Morgan fingerprint density at radius 1 is 1.22 bits per heavy atom. The summed E-state index contributed by atoms with van der Waals surface area (Å²) < 4.78 is 0. The number of carboxylic acid groups (broad SMARTS) is 1. The van der Waals surface area contributed by atoms with Crippen molar-refractivity contribution in [2.75, 3.05) is 0 Å². The van der Waals surface area contributed by atoms with E-state index in [2.05, 4.69) is 9.97 Å². The molecule has 1 N–H and O–H groups in total. The molecule has 5 nitrogen and oxygen atoms in total. The lowest BCUT2D eigenvalue weighted by atomic mass is 10.0. The molecular weight excluding hydrogens is 232 g/mol. The van der Waals surface area contributed by atoms with Gasteiger partial charge >= 0.3 is 5.97 Å². The minimum absolute atomic E-state index is 0.362. The van der Waals surface area contributed by atoms with Crippen LogP contribution >= 0.6 is 0 Å².